The van der Waals surface area contributed by atoms with Crippen LogP contribution in [0.2, 0.25) is 0 Å². The Morgan fingerprint density at radius 2 is 2.12 bits per heavy atom. The molecule has 0 N–H and O–H groups in total. The van der Waals surface area contributed by atoms with Gasteiger partial charge in [-0.25, -0.2) is 0 Å². The normalized spacial score (nSPS) is 24.8. The first-order chi connectivity index (χ1) is 12.1. The van der Waals surface area contributed by atoms with Gasteiger partial charge in [0, 0.05) is 44.0 Å². The predicted molar refractivity (Wildman–Crippen MR) is 91.1 cm³/mol. The number of carbonyl (C=O) groups is 1. The Hall–Kier alpha value is -1.81. The third kappa shape index (κ3) is 3.59. The van der Waals surface area contributed by atoms with Crippen LogP contribution in [0.1, 0.15) is 15.2 Å². The monoisotopic (exact) mass is 363 g/mol. The molecule has 1 amide bonds. The van der Waals surface area contributed by atoms with Gasteiger partial charge in [-0.05, 0) is 0 Å². The van der Waals surface area contributed by atoms with Crippen LogP contribution in [-0.4, -0.2) is 75.7 Å². The topological polar surface area (TPSA) is 72.7 Å². The van der Waals surface area contributed by atoms with E-state index in [4.69, 9.17) is 9.47 Å². The quantitative estimate of drug-likeness (QED) is 0.794. The highest BCUT2D eigenvalue weighted by Gasteiger charge is 2.43. The van der Waals surface area contributed by atoms with Crippen LogP contribution in [0.15, 0.2) is 24.1 Å². The summed E-state index contributed by atoms with van der Waals surface area (Å²) in [5, 5.41) is 4.08. The lowest BCUT2D eigenvalue weighted by molar-refractivity contribution is -0.287. The van der Waals surface area contributed by atoms with Crippen LogP contribution in [0, 0.1) is 0 Å². The number of hydrogen-bond donors (Lipinski definition) is 0. The molecule has 8 nitrogen and oxygen atoms in total. The Morgan fingerprint density at radius 3 is 2.84 bits per heavy atom. The van der Waals surface area contributed by atoms with Gasteiger partial charge in [0.1, 0.15) is 0 Å². The van der Waals surface area contributed by atoms with Gasteiger partial charge in [0.25, 0.3) is 5.91 Å². The van der Waals surface area contributed by atoms with E-state index in [0.717, 1.165) is 13.1 Å². The molecule has 25 heavy (non-hydrogen) atoms. The van der Waals surface area contributed by atoms with Gasteiger partial charge in [-0.3, -0.25) is 19.4 Å². The molecule has 2 aromatic rings. The molecule has 4 heterocycles. The molecule has 2 aliphatic rings. The van der Waals surface area contributed by atoms with Gasteiger partial charge in [-0.1, -0.05) is 0 Å². The van der Waals surface area contributed by atoms with Crippen molar-refractivity contribution in [3.8, 4) is 0 Å². The highest BCUT2D eigenvalue weighted by Crippen LogP contribution is 2.26. The number of amides is 1. The molecule has 0 saturated carbocycles. The maximum atomic E-state index is 12.7. The largest absolute Gasteiger partial charge is 0.346 e. The van der Waals surface area contributed by atoms with Crippen LogP contribution in [-0.2, 0) is 23.1 Å². The number of nitrogens with zero attached hydrogens (tertiary/aromatic N) is 5. The summed E-state index contributed by atoms with van der Waals surface area (Å²) in [6, 6.07) is 0. The average molecular weight is 363 g/mol. The van der Waals surface area contributed by atoms with Crippen molar-refractivity contribution in [3.05, 3.63) is 34.5 Å². The lowest BCUT2D eigenvalue weighted by Gasteiger charge is -2.47. The van der Waals surface area contributed by atoms with Crippen LogP contribution in [0.3, 0.4) is 0 Å². The number of rotatable bonds is 3. The molecule has 4 rings (SSSR count). The van der Waals surface area contributed by atoms with E-state index < -0.39 is 5.79 Å². The van der Waals surface area contributed by atoms with E-state index in [0.29, 0.717) is 38.4 Å². The fourth-order valence-electron chi connectivity index (χ4n) is 3.33. The third-order valence-electron chi connectivity index (χ3n) is 4.50. The number of carbonyl (C=O) groups excluding carboxylic acids is 1. The lowest BCUT2D eigenvalue weighted by atomic mass is 10.1. The van der Waals surface area contributed by atoms with Crippen molar-refractivity contribution in [2.75, 3.05) is 39.4 Å². The molecule has 9 heteroatoms. The molecular weight excluding hydrogens is 342 g/mol. The molecule has 0 aromatic carbocycles. The number of ether oxygens (including phenoxy) is 2. The van der Waals surface area contributed by atoms with Crippen molar-refractivity contribution >= 4 is 17.2 Å². The summed E-state index contributed by atoms with van der Waals surface area (Å²) < 4.78 is 13.6. The van der Waals surface area contributed by atoms with Gasteiger partial charge in [-0.2, -0.15) is 5.10 Å². The number of hydrogen-bond acceptors (Lipinski definition) is 7. The van der Waals surface area contributed by atoms with E-state index >= 15 is 0 Å². The first-order valence-electron chi connectivity index (χ1n) is 8.29. The molecule has 134 valence electrons. The van der Waals surface area contributed by atoms with Crippen LogP contribution in [0.25, 0.3) is 0 Å². The molecule has 0 bridgehead atoms. The first-order valence-corrected chi connectivity index (χ1v) is 9.17. The summed E-state index contributed by atoms with van der Waals surface area (Å²) in [6.45, 7) is 4.37. The van der Waals surface area contributed by atoms with Crippen molar-refractivity contribution < 1.29 is 14.3 Å². The smallest absolute Gasteiger partial charge is 0.257 e. The van der Waals surface area contributed by atoms with Gasteiger partial charge in [0.05, 0.1) is 43.6 Å². The molecule has 2 aromatic heterocycles. The van der Waals surface area contributed by atoms with Crippen LogP contribution in [0.5, 0.6) is 0 Å². The van der Waals surface area contributed by atoms with Gasteiger partial charge >= 0.3 is 0 Å². The van der Waals surface area contributed by atoms with Crippen LogP contribution in [0.4, 0.5) is 0 Å². The highest BCUT2D eigenvalue weighted by atomic mass is 32.1. The summed E-state index contributed by atoms with van der Waals surface area (Å²) >= 11 is 1.65. The van der Waals surface area contributed by atoms with E-state index in [1.54, 1.807) is 40.4 Å². The Kier molecular flexibility index (Phi) is 4.55. The van der Waals surface area contributed by atoms with Gasteiger partial charge < -0.3 is 14.4 Å². The second-order valence-corrected chi connectivity index (χ2v) is 7.39. The zero-order valence-electron chi connectivity index (χ0n) is 14.1. The molecule has 1 atom stereocenters. The maximum Gasteiger partial charge on any atom is 0.257 e. The summed E-state index contributed by atoms with van der Waals surface area (Å²) in [4.78, 5) is 22.2. The maximum absolute atomic E-state index is 12.7. The Bertz CT molecular complexity index is 730. The minimum absolute atomic E-state index is 0.0287. The summed E-state index contributed by atoms with van der Waals surface area (Å²) in [6.07, 6.45) is 5.23. The molecular formula is C16H21N5O3S. The van der Waals surface area contributed by atoms with Crippen molar-refractivity contribution in [2.24, 2.45) is 7.05 Å². The van der Waals surface area contributed by atoms with E-state index in [1.165, 1.54) is 4.88 Å². The van der Waals surface area contributed by atoms with E-state index in [2.05, 4.69) is 15.0 Å². The van der Waals surface area contributed by atoms with Crippen molar-refractivity contribution in [1.29, 1.82) is 0 Å². The lowest BCUT2D eigenvalue weighted by Crippen LogP contribution is -2.62. The van der Waals surface area contributed by atoms with Crippen molar-refractivity contribution in [3.63, 3.8) is 0 Å². The number of aromatic nitrogens is 3. The molecule has 2 fully saturated rings. The molecule has 2 saturated heterocycles. The molecule has 1 spiro atoms. The average Bonchev–Trinajstić information content (AvgIpc) is 3.26. The predicted octanol–water partition coefficient (Wildman–Crippen LogP) is 0.578. The summed E-state index contributed by atoms with van der Waals surface area (Å²) in [5.41, 5.74) is 2.44. The van der Waals surface area contributed by atoms with Crippen molar-refractivity contribution in [1.82, 2.24) is 24.6 Å². The summed E-state index contributed by atoms with van der Waals surface area (Å²) in [5.74, 6) is -0.780. The Balaban J connectivity index is 1.44. The van der Waals surface area contributed by atoms with Gasteiger partial charge in [0.2, 0.25) is 0 Å². The SMILES string of the molecule is Cn1cc(C(=O)N2CCOC3(CN(Cc4cncs4)CCO3)C2)cn1. The fourth-order valence-corrected chi connectivity index (χ4v) is 3.97. The number of thiazole rings is 1. The minimum Gasteiger partial charge on any atom is -0.346 e. The summed E-state index contributed by atoms with van der Waals surface area (Å²) in [7, 11) is 1.80. The number of aryl methyl sites for hydroxylation is 1. The third-order valence-corrected chi connectivity index (χ3v) is 5.26. The zero-order chi connectivity index (χ0) is 17.3. The Morgan fingerprint density at radius 1 is 1.28 bits per heavy atom. The second kappa shape index (κ2) is 6.83. The molecule has 1 unspecified atom stereocenters. The minimum atomic E-state index is -0.751. The highest BCUT2D eigenvalue weighted by molar-refractivity contribution is 7.09. The number of morpholine rings is 2. The second-order valence-electron chi connectivity index (χ2n) is 6.42. The van der Waals surface area contributed by atoms with Gasteiger partial charge in [0.15, 0.2) is 5.79 Å². The fraction of sp³-hybridized carbons (Fsp3) is 0.562. The zero-order valence-corrected chi connectivity index (χ0v) is 14.9. The molecule has 0 radical (unpaired) electrons. The van der Waals surface area contributed by atoms with Crippen molar-refractivity contribution in [2.45, 2.75) is 12.3 Å². The van der Waals surface area contributed by atoms with E-state index in [1.807, 2.05) is 11.7 Å². The molecule has 0 aliphatic carbocycles. The van der Waals surface area contributed by atoms with E-state index in [9.17, 15) is 4.79 Å². The Labute approximate surface area is 150 Å². The standard InChI is InChI=1S/C16H21N5O3S/c1-19-8-13(6-18-19)15(22)21-3-5-24-16(11-21)10-20(2-4-23-16)9-14-7-17-12-25-14/h6-8,12H,2-5,9-11H2,1H3. The van der Waals surface area contributed by atoms with Crippen LogP contribution < -0.4 is 0 Å². The molecule has 2 aliphatic heterocycles. The first kappa shape index (κ1) is 16.6. The van der Waals surface area contributed by atoms with E-state index in [-0.39, 0.29) is 5.91 Å². The van der Waals surface area contributed by atoms with Crippen LogP contribution >= 0.6 is 11.3 Å². The van der Waals surface area contributed by atoms with Gasteiger partial charge in [-0.15, -0.1) is 11.3 Å².